The average Bonchev–Trinajstić information content (AvgIpc) is 2.62. The monoisotopic (exact) mass is 240 g/mol. The normalized spacial score (nSPS) is 11.6. The summed E-state index contributed by atoms with van der Waals surface area (Å²) in [5.41, 5.74) is 1.25. The van der Waals surface area contributed by atoms with Gasteiger partial charge in [0.1, 0.15) is 0 Å². The van der Waals surface area contributed by atoms with E-state index in [1.165, 1.54) is 17.1 Å². The molecule has 0 atom stereocenters. The predicted molar refractivity (Wildman–Crippen MR) is 72.1 cm³/mol. The third-order valence-electron chi connectivity index (χ3n) is 2.47. The fraction of sp³-hybridized carbons (Fsp3) is 0.769. The number of thiazole rings is 1. The van der Waals surface area contributed by atoms with Crippen LogP contribution in [-0.4, -0.2) is 17.6 Å². The van der Waals surface area contributed by atoms with Crippen LogP contribution in [0.2, 0.25) is 0 Å². The second kappa shape index (κ2) is 7.02. The maximum atomic E-state index is 4.66. The van der Waals surface area contributed by atoms with Crippen LogP contribution in [0.15, 0.2) is 5.38 Å². The van der Waals surface area contributed by atoms with Crippen molar-refractivity contribution in [1.82, 2.24) is 10.3 Å². The Morgan fingerprint density at radius 2 is 2.00 bits per heavy atom. The smallest absolute Gasteiger partial charge is 0.0928 e. The van der Waals surface area contributed by atoms with Crippen LogP contribution in [0.5, 0.6) is 0 Å². The molecule has 0 saturated carbocycles. The molecular weight excluding hydrogens is 216 g/mol. The Balaban J connectivity index is 2.28. The van der Waals surface area contributed by atoms with E-state index in [1.807, 2.05) is 11.3 Å². The zero-order chi connectivity index (χ0) is 12.0. The summed E-state index contributed by atoms with van der Waals surface area (Å²) < 4.78 is 0. The van der Waals surface area contributed by atoms with E-state index >= 15 is 0 Å². The van der Waals surface area contributed by atoms with E-state index in [2.05, 4.69) is 43.4 Å². The summed E-state index contributed by atoms with van der Waals surface area (Å²) >= 11 is 1.81. The van der Waals surface area contributed by atoms with Crippen LogP contribution in [0.3, 0.4) is 0 Å². The van der Waals surface area contributed by atoms with Crippen LogP contribution in [-0.2, 0) is 12.8 Å². The summed E-state index contributed by atoms with van der Waals surface area (Å²) in [6, 6.07) is 0.569. The summed E-state index contributed by atoms with van der Waals surface area (Å²) in [5, 5.41) is 6.92. The van der Waals surface area contributed by atoms with Crippen LogP contribution < -0.4 is 5.32 Å². The molecule has 0 aromatic carbocycles. The van der Waals surface area contributed by atoms with Gasteiger partial charge in [-0.05, 0) is 18.8 Å². The van der Waals surface area contributed by atoms with E-state index in [0.29, 0.717) is 6.04 Å². The first kappa shape index (κ1) is 13.7. The molecule has 1 N–H and O–H groups in total. The molecule has 92 valence electrons. The molecule has 0 aliphatic carbocycles. The lowest BCUT2D eigenvalue weighted by Gasteiger charge is -2.05. The number of nitrogens with one attached hydrogen (secondary N) is 1. The van der Waals surface area contributed by atoms with Gasteiger partial charge in [-0.2, -0.15) is 0 Å². The van der Waals surface area contributed by atoms with Gasteiger partial charge < -0.3 is 5.32 Å². The molecule has 0 aliphatic heterocycles. The van der Waals surface area contributed by atoms with Crippen molar-refractivity contribution in [2.24, 2.45) is 5.92 Å². The first-order valence-electron chi connectivity index (χ1n) is 6.24. The van der Waals surface area contributed by atoms with Crippen LogP contribution in [0.1, 0.15) is 44.8 Å². The Morgan fingerprint density at radius 1 is 1.25 bits per heavy atom. The Labute approximate surface area is 103 Å². The molecule has 3 heteroatoms. The highest BCUT2D eigenvalue weighted by Gasteiger charge is 2.03. The molecule has 1 rings (SSSR count). The first-order valence-corrected chi connectivity index (χ1v) is 7.12. The van der Waals surface area contributed by atoms with Crippen molar-refractivity contribution in [2.45, 2.75) is 53.0 Å². The third-order valence-corrected chi connectivity index (χ3v) is 3.43. The lowest BCUT2D eigenvalue weighted by molar-refractivity contribution is 0.580. The molecule has 0 fully saturated rings. The highest BCUT2D eigenvalue weighted by Crippen LogP contribution is 2.14. The molecular formula is C13H24N2S. The zero-order valence-electron chi connectivity index (χ0n) is 10.9. The van der Waals surface area contributed by atoms with Crippen molar-refractivity contribution < 1.29 is 0 Å². The molecule has 2 nitrogen and oxygen atoms in total. The summed E-state index contributed by atoms with van der Waals surface area (Å²) in [7, 11) is 0. The van der Waals surface area contributed by atoms with Crippen LogP contribution >= 0.6 is 11.3 Å². The standard InChI is InChI=1S/C13H24N2S/c1-10(2)5-6-13-15-12(9-16-13)7-8-14-11(3)4/h9-11,14H,5-8H2,1-4H3. The third kappa shape index (κ3) is 5.61. The summed E-state index contributed by atoms with van der Waals surface area (Å²) in [4.78, 5) is 4.66. The van der Waals surface area contributed by atoms with Gasteiger partial charge in [0.2, 0.25) is 0 Å². The van der Waals surface area contributed by atoms with Crippen molar-refractivity contribution >= 4 is 11.3 Å². The molecule has 0 radical (unpaired) electrons. The SMILES string of the molecule is CC(C)CCc1nc(CCNC(C)C)cs1. The van der Waals surface area contributed by atoms with Gasteiger partial charge in [0.25, 0.3) is 0 Å². The van der Waals surface area contributed by atoms with Gasteiger partial charge >= 0.3 is 0 Å². The molecule has 1 aromatic heterocycles. The van der Waals surface area contributed by atoms with Gasteiger partial charge in [-0.1, -0.05) is 27.7 Å². The van der Waals surface area contributed by atoms with E-state index in [0.717, 1.165) is 25.3 Å². The fourth-order valence-electron chi connectivity index (χ4n) is 1.48. The Hall–Kier alpha value is -0.410. The van der Waals surface area contributed by atoms with Crippen LogP contribution in [0.25, 0.3) is 0 Å². The Bertz CT molecular complexity index is 292. The van der Waals surface area contributed by atoms with E-state index in [-0.39, 0.29) is 0 Å². The molecule has 0 aliphatic rings. The van der Waals surface area contributed by atoms with Crippen LogP contribution in [0, 0.1) is 5.92 Å². The minimum Gasteiger partial charge on any atom is -0.314 e. The van der Waals surface area contributed by atoms with Gasteiger partial charge in [-0.3, -0.25) is 0 Å². The van der Waals surface area contributed by atoms with E-state index < -0.39 is 0 Å². The largest absolute Gasteiger partial charge is 0.314 e. The van der Waals surface area contributed by atoms with Crippen molar-refractivity contribution in [3.8, 4) is 0 Å². The van der Waals surface area contributed by atoms with E-state index in [9.17, 15) is 0 Å². The summed E-state index contributed by atoms with van der Waals surface area (Å²) in [5.74, 6) is 0.773. The highest BCUT2D eigenvalue weighted by atomic mass is 32.1. The summed E-state index contributed by atoms with van der Waals surface area (Å²) in [6.07, 6.45) is 3.44. The lowest BCUT2D eigenvalue weighted by atomic mass is 10.1. The highest BCUT2D eigenvalue weighted by molar-refractivity contribution is 7.09. The Kier molecular flexibility index (Phi) is 5.99. The van der Waals surface area contributed by atoms with Gasteiger partial charge in [-0.15, -0.1) is 11.3 Å². The number of hydrogen-bond acceptors (Lipinski definition) is 3. The molecule has 0 saturated heterocycles. The van der Waals surface area contributed by atoms with Gasteiger partial charge in [0, 0.05) is 24.4 Å². The van der Waals surface area contributed by atoms with Crippen molar-refractivity contribution in [1.29, 1.82) is 0 Å². The van der Waals surface area contributed by atoms with Crippen molar-refractivity contribution in [3.05, 3.63) is 16.1 Å². The number of nitrogens with zero attached hydrogens (tertiary/aromatic N) is 1. The second-order valence-electron chi connectivity index (χ2n) is 5.02. The molecule has 0 spiro atoms. The van der Waals surface area contributed by atoms with Crippen molar-refractivity contribution in [2.75, 3.05) is 6.54 Å². The van der Waals surface area contributed by atoms with Crippen LogP contribution in [0.4, 0.5) is 0 Å². The quantitative estimate of drug-likeness (QED) is 0.791. The molecule has 1 aromatic rings. The summed E-state index contributed by atoms with van der Waals surface area (Å²) in [6.45, 7) is 9.91. The Morgan fingerprint density at radius 3 is 2.62 bits per heavy atom. The molecule has 0 amide bonds. The first-order chi connectivity index (χ1) is 7.58. The minimum atomic E-state index is 0.569. The van der Waals surface area contributed by atoms with Gasteiger partial charge in [0.05, 0.1) is 10.7 Å². The number of rotatable bonds is 7. The fourth-order valence-corrected chi connectivity index (χ4v) is 2.33. The topological polar surface area (TPSA) is 24.9 Å². The lowest BCUT2D eigenvalue weighted by Crippen LogP contribution is -2.25. The van der Waals surface area contributed by atoms with Crippen molar-refractivity contribution in [3.63, 3.8) is 0 Å². The maximum absolute atomic E-state index is 4.66. The van der Waals surface area contributed by atoms with Gasteiger partial charge in [0.15, 0.2) is 0 Å². The zero-order valence-corrected chi connectivity index (χ0v) is 11.7. The van der Waals surface area contributed by atoms with E-state index in [4.69, 9.17) is 0 Å². The molecule has 0 bridgehead atoms. The predicted octanol–water partition coefficient (Wildman–Crippen LogP) is 3.27. The molecule has 16 heavy (non-hydrogen) atoms. The second-order valence-corrected chi connectivity index (χ2v) is 5.97. The molecule has 1 heterocycles. The van der Waals surface area contributed by atoms with E-state index in [1.54, 1.807) is 0 Å². The minimum absolute atomic E-state index is 0.569. The molecule has 0 unspecified atom stereocenters. The number of hydrogen-bond donors (Lipinski definition) is 1. The number of aryl methyl sites for hydroxylation is 1. The number of aromatic nitrogens is 1. The maximum Gasteiger partial charge on any atom is 0.0928 e. The van der Waals surface area contributed by atoms with Gasteiger partial charge in [-0.25, -0.2) is 4.98 Å². The average molecular weight is 240 g/mol.